The number of hydrogen-bond acceptors (Lipinski definition) is 4. The van der Waals surface area contributed by atoms with E-state index in [0.717, 1.165) is 28.0 Å². The molecule has 4 aromatic rings. The summed E-state index contributed by atoms with van der Waals surface area (Å²) in [7, 11) is -3.71. The molecule has 0 fully saturated rings. The van der Waals surface area contributed by atoms with Gasteiger partial charge in [0.05, 0.1) is 21.7 Å². The van der Waals surface area contributed by atoms with E-state index in [0.29, 0.717) is 21.8 Å². The highest BCUT2D eigenvalue weighted by Crippen LogP contribution is 2.24. The zero-order valence-electron chi connectivity index (χ0n) is 16.1. The largest absolute Gasteiger partial charge is 0.308 e. The summed E-state index contributed by atoms with van der Waals surface area (Å²) in [5, 5.41) is 0.586. The van der Waals surface area contributed by atoms with Gasteiger partial charge in [0.1, 0.15) is 0 Å². The molecule has 154 valence electrons. The summed E-state index contributed by atoms with van der Waals surface area (Å²) in [5.74, 6) is 0. The van der Waals surface area contributed by atoms with Gasteiger partial charge >= 0.3 is 4.87 Å². The van der Waals surface area contributed by atoms with Crippen molar-refractivity contribution in [1.82, 2.24) is 9.29 Å². The van der Waals surface area contributed by atoms with Crippen molar-refractivity contribution >= 4 is 43.2 Å². The maximum Gasteiger partial charge on any atom is 0.308 e. The normalized spacial score (nSPS) is 11.8. The van der Waals surface area contributed by atoms with E-state index in [1.54, 1.807) is 22.8 Å². The van der Waals surface area contributed by atoms with E-state index < -0.39 is 10.0 Å². The van der Waals surface area contributed by atoms with Gasteiger partial charge in [0.25, 0.3) is 0 Å². The van der Waals surface area contributed by atoms with Gasteiger partial charge in [-0.15, -0.1) is 0 Å². The number of sulfonamides is 1. The first-order chi connectivity index (χ1) is 14.3. The average Bonchev–Trinajstić information content (AvgIpc) is 3.03. The molecule has 0 saturated carbocycles. The van der Waals surface area contributed by atoms with Crippen molar-refractivity contribution in [3.63, 3.8) is 0 Å². The van der Waals surface area contributed by atoms with E-state index in [1.807, 2.05) is 49.4 Å². The molecule has 1 heterocycles. The Bertz CT molecular complexity index is 1390. The van der Waals surface area contributed by atoms with Crippen LogP contribution in [-0.2, 0) is 23.1 Å². The van der Waals surface area contributed by atoms with Crippen molar-refractivity contribution in [2.45, 2.75) is 24.9 Å². The quantitative estimate of drug-likeness (QED) is 0.460. The minimum Gasteiger partial charge on any atom is -0.294 e. The lowest BCUT2D eigenvalue weighted by molar-refractivity contribution is 0.581. The molecule has 0 aliphatic carbocycles. The minimum atomic E-state index is -3.71. The molecule has 3 aromatic carbocycles. The van der Waals surface area contributed by atoms with Crippen LogP contribution in [0.25, 0.3) is 10.2 Å². The first-order valence-electron chi connectivity index (χ1n) is 9.25. The number of rotatable bonds is 6. The van der Waals surface area contributed by atoms with Crippen molar-refractivity contribution < 1.29 is 8.42 Å². The molecule has 1 N–H and O–H groups in total. The molecule has 0 spiro atoms. The molecule has 0 aliphatic heterocycles. The highest BCUT2D eigenvalue weighted by molar-refractivity contribution is 7.89. The van der Waals surface area contributed by atoms with Crippen LogP contribution in [-0.4, -0.2) is 13.0 Å². The predicted octanol–water partition coefficient (Wildman–Crippen LogP) is 4.55. The van der Waals surface area contributed by atoms with Crippen LogP contribution >= 0.6 is 22.9 Å². The Hall–Kier alpha value is -2.45. The van der Waals surface area contributed by atoms with Crippen LogP contribution in [0, 0.1) is 6.92 Å². The summed E-state index contributed by atoms with van der Waals surface area (Å²) in [6, 6.07) is 19.8. The third-order valence-electron chi connectivity index (χ3n) is 4.79. The molecule has 0 aliphatic rings. The van der Waals surface area contributed by atoms with Gasteiger partial charge < -0.3 is 0 Å². The Labute approximate surface area is 183 Å². The lowest BCUT2D eigenvalue weighted by Crippen LogP contribution is -2.23. The fourth-order valence-corrected chi connectivity index (χ4v) is 5.49. The van der Waals surface area contributed by atoms with Crippen molar-refractivity contribution in [2.24, 2.45) is 0 Å². The Morgan fingerprint density at radius 3 is 2.60 bits per heavy atom. The second kappa shape index (κ2) is 8.35. The molecule has 0 bridgehead atoms. The number of halogens is 1. The summed E-state index contributed by atoms with van der Waals surface area (Å²) in [4.78, 5) is 12.5. The molecule has 1 aromatic heterocycles. The number of thiazole rings is 1. The van der Waals surface area contributed by atoms with E-state index in [2.05, 4.69) is 4.72 Å². The zero-order chi connectivity index (χ0) is 21.3. The molecule has 0 amide bonds. The van der Waals surface area contributed by atoms with Crippen LogP contribution < -0.4 is 9.60 Å². The zero-order valence-corrected chi connectivity index (χ0v) is 18.5. The van der Waals surface area contributed by atoms with E-state index in [-0.39, 0.29) is 16.3 Å². The van der Waals surface area contributed by atoms with Gasteiger partial charge in [0.2, 0.25) is 10.0 Å². The van der Waals surface area contributed by atoms with Crippen LogP contribution in [0.5, 0.6) is 0 Å². The second-order valence-electron chi connectivity index (χ2n) is 6.99. The smallest absolute Gasteiger partial charge is 0.294 e. The maximum absolute atomic E-state index is 12.8. The molecule has 0 unspecified atom stereocenters. The minimum absolute atomic E-state index is 0.133. The molecule has 4 rings (SSSR count). The average molecular weight is 459 g/mol. The first kappa shape index (κ1) is 20.8. The van der Waals surface area contributed by atoms with E-state index in [9.17, 15) is 13.2 Å². The molecular formula is C22H19ClN2O3S2. The van der Waals surface area contributed by atoms with Crippen LogP contribution in [0.2, 0.25) is 5.02 Å². The fourth-order valence-electron chi connectivity index (χ4n) is 3.24. The SMILES string of the molecule is Cc1cccc(CNS(=O)(=O)c2ccc3c(c2)sc(=O)n3Cc2ccccc2Cl)c1. The van der Waals surface area contributed by atoms with Gasteiger partial charge in [0, 0.05) is 11.6 Å². The van der Waals surface area contributed by atoms with Crippen molar-refractivity contribution in [3.05, 3.63) is 98.1 Å². The van der Waals surface area contributed by atoms with Crippen molar-refractivity contribution in [2.75, 3.05) is 0 Å². The summed E-state index contributed by atoms with van der Waals surface area (Å²) in [5.41, 5.74) is 3.47. The van der Waals surface area contributed by atoms with Crippen molar-refractivity contribution in [3.8, 4) is 0 Å². The maximum atomic E-state index is 12.8. The number of aryl methyl sites for hydroxylation is 1. The lowest BCUT2D eigenvalue weighted by Gasteiger charge is -2.09. The monoisotopic (exact) mass is 458 g/mol. The molecular weight excluding hydrogens is 440 g/mol. The van der Waals surface area contributed by atoms with Gasteiger partial charge in [-0.05, 0) is 42.3 Å². The summed E-state index contributed by atoms with van der Waals surface area (Å²) >= 11 is 7.25. The fraction of sp³-hybridized carbons (Fsp3) is 0.136. The Morgan fingerprint density at radius 2 is 1.83 bits per heavy atom. The number of benzene rings is 3. The molecule has 0 saturated heterocycles. The topological polar surface area (TPSA) is 68.2 Å². The van der Waals surface area contributed by atoms with E-state index in [1.165, 1.54) is 6.07 Å². The molecule has 5 nitrogen and oxygen atoms in total. The lowest BCUT2D eigenvalue weighted by atomic mass is 10.1. The van der Waals surface area contributed by atoms with Gasteiger partial charge in [0.15, 0.2) is 0 Å². The Morgan fingerprint density at radius 1 is 1.03 bits per heavy atom. The molecule has 8 heteroatoms. The Balaban J connectivity index is 1.62. The summed E-state index contributed by atoms with van der Waals surface area (Å²) < 4.78 is 30.4. The number of hydrogen-bond donors (Lipinski definition) is 1. The number of nitrogens with zero attached hydrogens (tertiary/aromatic N) is 1. The third kappa shape index (κ3) is 4.34. The van der Waals surface area contributed by atoms with E-state index >= 15 is 0 Å². The summed E-state index contributed by atoms with van der Waals surface area (Å²) in [6.07, 6.45) is 0. The third-order valence-corrected chi connectivity index (χ3v) is 7.49. The summed E-state index contributed by atoms with van der Waals surface area (Å²) in [6.45, 7) is 2.49. The highest BCUT2D eigenvalue weighted by atomic mass is 35.5. The van der Waals surface area contributed by atoms with Crippen LogP contribution in [0.3, 0.4) is 0 Å². The van der Waals surface area contributed by atoms with Crippen LogP contribution in [0.15, 0.2) is 76.4 Å². The molecule has 30 heavy (non-hydrogen) atoms. The van der Waals surface area contributed by atoms with Gasteiger partial charge in [-0.3, -0.25) is 9.36 Å². The standard InChI is InChI=1S/C22H19ClN2O3S2/c1-15-5-4-6-16(11-15)13-24-30(27,28)18-9-10-20-21(12-18)29-22(26)25(20)14-17-7-2-3-8-19(17)23/h2-12,24H,13-14H2,1H3. The predicted molar refractivity (Wildman–Crippen MR) is 122 cm³/mol. The number of nitrogens with one attached hydrogen (secondary N) is 1. The first-order valence-corrected chi connectivity index (χ1v) is 11.9. The van der Waals surface area contributed by atoms with Crippen LogP contribution in [0.1, 0.15) is 16.7 Å². The highest BCUT2D eigenvalue weighted by Gasteiger charge is 2.17. The van der Waals surface area contributed by atoms with Crippen LogP contribution in [0.4, 0.5) is 0 Å². The van der Waals surface area contributed by atoms with Gasteiger partial charge in [-0.2, -0.15) is 0 Å². The molecule has 0 atom stereocenters. The van der Waals surface area contributed by atoms with Gasteiger partial charge in [-0.1, -0.05) is 71.0 Å². The second-order valence-corrected chi connectivity index (χ2v) is 10.2. The number of fused-ring (bicyclic) bond motifs is 1. The van der Waals surface area contributed by atoms with Crippen molar-refractivity contribution in [1.29, 1.82) is 0 Å². The molecule has 0 radical (unpaired) electrons. The number of aromatic nitrogens is 1. The van der Waals surface area contributed by atoms with Gasteiger partial charge in [-0.25, -0.2) is 13.1 Å². The van der Waals surface area contributed by atoms with E-state index in [4.69, 9.17) is 11.6 Å². The Kier molecular flexibility index (Phi) is 5.79.